The van der Waals surface area contributed by atoms with Gasteiger partial charge in [-0.15, -0.1) is 11.6 Å². The van der Waals surface area contributed by atoms with Gasteiger partial charge in [0.1, 0.15) is 5.75 Å². The lowest BCUT2D eigenvalue weighted by Gasteiger charge is -2.23. The van der Waals surface area contributed by atoms with E-state index >= 15 is 0 Å². The standard InChI is InChI=1S/C14H20ClNO2/c1-14(2,10-15)16-13(17)9-6-11-4-7-12(18-3)8-5-11/h4-5,7-8H,6,9-10H2,1-3H3,(H,16,17). The molecule has 1 aromatic carbocycles. The van der Waals surface area contributed by atoms with Crippen LogP contribution in [0.3, 0.4) is 0 Å². The fourth-order valence-electron chi connectivity index (χ4n) is 1.52. The van der Waals surface area contributed by atoms with Crippen LogP contribution in [0.25, 0.3) is 0 Å². The zero-order valence-electron chi connectivity index (χ0n) is 11.1. The Morgan fingerprint density at radius 3 is 2.44 bits per heavy atom. The third kappa shape index (κ3) is 4.96. The molecule has 0 heterocycles. The van der Waals surface area contributed by atoms with Gasteiger partial charge in [0.15, 0.2) is 0 Å². The van der Waals surface area contributed by atoms with E-state index in [-0.39, 0.29) is 11.4 Å². The molecule has 4 heteroatoms. The number of ether oxygens (including phenoxy) is 1. The molecule has 0 bridgehead atoms. The number of carbonyl (C=O) groups is 1. The summed E-state index contributed by atoms with van der Waals surface area (Å²) >= 11 is 5.76. The summed E-state index contributed by atoms with van der Waals surface area (Å²) in [5.41, 5.74) is 0.771. The SMILES string of the molecule is COc1ccc(CCC(=O)NC(C)(C)CCl)cc1. The van der Waals surface area contributed by atoms with E-state index in [4.69, 9.17) is 16.3 Å². The Bertz CT molecular complexity index is 387. The number of nitrogens with one attached hydrogen (secondary N) is 1. The van der Waals surface area contributed by atoms with Crippen LogP contribution in [0.2, 0.25) is 0 Å². The minimum absolute atomic E-state index is 0.0245. The van der Waals surface area contributed by atoms with Gasteiger partial charge in [-0.05, 0) is 38.0 Å². The van der Waals surface area contributed by atoms with Crippen LogP contribution in [-0.2, 0) is 11.2 Å². The molecule has 0 aliphatic rings. The highest BCUT2D eigenvalue weighted by Crippen LogP contribution is 2.13. The second-order valence-electron chi connectivity index (χ2n) is 4.91. The first-order valence-electron chi connectivity index (χ1n) is 5.97. The molecule has 0 aliphatic heterocycles. The molecule has 0 atom stereocenters. The van der Waals surface area contributed by atoms with Crippen molar-refractivity contribution in [2.75, 3.05) is 13.0 Å². The number of aryl methyl sites for hydroxylation is 1. The molecule has 0 saturated heterocycles. The molecule has 0 unspecified atom stereocenters. The average molecular weight is 270 g/mol. The Morgan fingerprint density at radius 1 is 1.33 bits per heavy atom. The molecule has 0 spiro atoms. The van der Waals surface area contributed by atoms with Crippen molar-refractivity contribution in [2.24, 2.45) is 0 Å². The zero-order valence-corrected chi connectivity index (χ0v) is 11.9. The molecule has 0 saturated carbocycles. The van der Waals surface area contributed by atoms with E-state index in [1.165, 1.54) is 0 Å². The molecule has 1 N–H and O–H groups in total. The van der Waals surface area contributed by atoms with Crippen molar-refractivity contribution in [3.05, 3.63) is 29.8 Å². The summed E-state index contributed by atoms with van der Waals surface area (Å²) < 4.78 is 5.08. The minimum Gasteiger partial charge on any atom is -0.497 e. The highest BCUT2D eigenvalue weighted by molar-refractivity contribution is 6.18. The Hall–Kier alpha value is -1.22. The van der Waals surface area contributed by atoms with Crippen molar-refractivity contribution in [1.29, 1.82) is 0 Å². The highest BCUT2D eigenvalue weighted by Gasteiger charge is 2.18. The molecule has 0 fully saturated rings. The first-order valence-corrected chi connectivity index (χ1v) is 6.50. The van der Waals surface area contributed by atoms with Gasteiger partial charge < -0.3 is 10.1 Å². The van der Waals surface area contributed by atoms with Gasteiger partial charge in [-0.2, -0.15) is 0 Å². The fourth-order valence-corrected chi connectivity index (χ4v) is 1.59. The summed E-state index contributed by atoms with van der Waals surface area (Å²) in [5.74, 6) is 1.25. The first-order chi connectivity index (χ1) is 8.46. The maximum absolute atomic E-state index is 11.7. The molecular formula is C14H20ClNO2. The molecule has 0 aromatic heterocycles. The van der Waals surface area contributed by atoms with E-state index in [1.807, 2.05) is 38.1 Å². The van der Waals surface area contributed by atoms with E-state index < -0.39 is 0 Å². The third-order valence-corrected chi connectivity index (χ3v) is 3.28. The molecular weight excluding hydrogens is 250 g/mol. The highest BCUT2D eigenvalue weighted by atomic mass is 35.5. The second kappa shape index (κ2) is 6.64. The molecule has 18 heavy (non-hydrogen) atoms. The van der Waals surface area contributed by atoms with Gasteiger partial charge in [0.05, 0.1) is 7.11 Å². The van der Waals surface area contributed by atoms with Crippen LogP contribution in [-0.4, -0.2) is 24.4 Å². The molecule has 0 radical (unpaired) electrons. The molecule has 3 nitrogen and oxygen atoms in total. The van der Waals surface area contributed by atoms with E-state index in [0.29, 0.717) is 18.7 Å². The van der Waals surface area contributed by atoms with Gasteiger partial charge in [-0.3, -0.25) is 4.79 Å². The lowest BCUT2D eigenvalue weighted by atomic mass is 10.1. The number of carbonyl (C=O) groups excluding carboxylic acids is 1. The van der Waals surface area contributed by atoms with E-state index in [1.54, 1.807) is 7.11 Å². The van der Waals surface area contributed by atoms with E-state index in [9.17, 15) is 4.79 Å². The quantitative estimate of drug-likeness (QED) is 0.807. The van der Waals surface area contributed by atoms with Crippen molar-refractivity contribution >= 4 is 17.5 Å². The number of methoxy groups -OCH3 is 1. The van der Waals surface area contributed by atoms with Crippen molar-refractivity contribution in [3.63, 3.8) is 0 Å². The van der Waals surface area contributed by atoms with Crippen molar-refractivity contribution in [2.45, 2.75) is 32.2 Å². The summed E-state index contributed by atoms with van der Waals surface area (Å²) in [6.07, 6.45) is 1.18. The average Bonchev–Trinajstić information content (AvgIpc) is 2.36. The van der Waals surface area contributed by atoms with Crippen LogP contribution in [0, 0.1) is 0 Å². The zero-order chi connectivity index (χ0) is 13.6. The summed E-state index contributed by atoms with van der Waals surface area (Å²) in [5, 5.41) is 2.90. The predicted octanol–water partition coefficient (Wildman–Crippen LogP) is 2.76. The summed E-state index contributed by atoms with van der Waals surface area (Å²) in [4.78, 5) is 11.7. The summed E-state index contributed by atoms with van der Waals surface area (Å²) in [6.45, 7) is 3.82. The van der Waals surface area contributed by atoms with Gasteiger partial charge in [-0.1, -0.05) is 12.1 Å². The predicted molar refractivity (Wildman–Crippen MR) is 74.3 cm³/mol. The number of amides is 1. The molecule has 0 aliphatic carbocycles. The third-order valence-electron chi connectivity index (χ3n) is 2.61. The molecule has 1 rings (SSSR count). The molecule has 100 valence electrons. The largest absolute Gasteiger partial charge is 0.497 e. The maximum Gasteiger partial charge on any atom is 0.220 e. The Kier molecular flexibility index (Phi) is 5.48. The second-order valence-corrected chi connectivity index (χ2v) is 5.18. The van der Waals surface area contributed by atoms with Gasteiger partial charge in [0.25, 0.3) is 0 Å². The number of hydrogen-bond acceptors (Lipinski definition) is 2. The van der Waals surface area contributed by atoms with Crippen LogP contribution < -0.4 is 10.1 Å². The lowest BCUT2D eigenvalue weighted by Crippen LogP contribution is -2.44. The Labute approximate surface area is 113 Å². The van der Waals surface area contributed by atoms with E-state index in [2.05, 4.69) is 5.32 Å². The van der Waals surface area contributed by atoms with Crippen LogP contribution >= 0.6 is 11.6 Å². The normalized spacial score (nSPS) is 11.1. The van der Waals surface area contributed by atoms with Gasteiger partial charge in [0.2, 0.25) is 5.91 Å². The van der Waals surface area contributed by atoms with Crippen LogP contribution in [0.15, 0.2) is 24.3 Å². The van der Waals surface area contributed by atoms with Gasteiger partial charge in [0, 0.05) is 17.8 Å². The number of hydrogen-bond donors (Lipinski definition) is 1. The summed E-state index contributed by atoms with van der Waals surface area (Å²) in [6, 6.07) is 7.74. The topological polar surface area (TPSA) is 38.3 Å². The van der Waals surface area contributed by atoms with Crippen molar-refractivity contribution in [1.82, 2.24) is 5.32 Å². The lowest BCUT2D eigenvalue weighted by molar-refractivity contribution is -0.122. The van der Waals surface area contributed by atoms with Gasteiger partial charge in [-0.25, -0.2) is 0 Å². The molecule has 1 amide bonds. The minimum atomic E-state index is -0.349. The number of alkyl halides is 1. The first kappa shape index (κ1) is 14.8. The molecule has 1 aromatic rings. The number of benzene rings is 1. The number of rotatable bonds is 6. The Balaban J connectivity index is 2.42. The van der Waals surface area contributed by atoms with Gasteiger partial charge >= 0.3 is 0 Å². The van der Waals surface area contributed by atoms with Crippen LogP contribution in [0.5, 0.6) is 5.75 Å². The van der Waals surface area contributed by atoms with Crippen molar-refractivity contribution in [3.8, 4) is 5.75 Å². The maximum atomic E-state index is 11.7. The van der Waals surface area contributed by atoms with Crippen LogP contribution in [0.4, 0.5) is 0 Å². The Morgan fingerprint density at radius 2 is 1.94 bits per heavy atom. The number of halogens is 1. The van der Waals surface area contributed by atoms with Crippen LogP contribution in [0.1, 0.15) is 25.8 Å². The fraction of sp³-hybridized carbons (Fsp3) is 0.500. The summed E-state index contributed by atoms with van der Waals surface area (Å²) in [7, 11) is 1.64. The smallest absolute Gasteiger partial charge is 0.220 e. The monoisotopic (exact) mass is 269 g/mol. The van der Waals surface area contributed by atoms with E-state index in [0.717, 1.165) is 11.3 Å². The van der Waals surface area contributed by atoms with Crippen molar-refractivity contribution < 1.29 is 9.53 Å².